The number of allylic oxidation sites excluding steroid dienone is 2. The molecule has 2 aliphatic carbocycles. The Morgan fingerprint density at radius 1 is 1.40 bits per heavy atom. The number of halogens is 2. The molecule has 0 amide bonds. The van der Waals surface area contributed by atoms with Gasteiger partial charge in [-0.3, -0.25) is 0 Å². The van der Waals surface area contributed by atoms with Gasteiger partial charge >= 0.3 is 0 Å². The van der Waals surface area contributed by atoms with E-state index in [0.717, 1.165) is 11.0 Å². The van der Waals surface area contributed by atoms with Crippen molar-refractivity contribution in [2.75, 3.05) is 0 Å². The fraction of sp³-hybridized carbons (Fsp3) is 0.750. The van der Waals surface area contributed by atoms with Crippen molar-refractivity contribution < 1.29 is 0 Å². The van der Waals surface area contributed by atoms with Crippen LogP contribution in [0.25, 0.3) is 0 Å². The van der Waals surface area contributed by atoms with Crippen molar-refractivity contribution in [1.29, 1.82) is 0 Å². The molecule has 0 unspecified atom stereocenters. The Kier molecular flexibility index (Phi) is 1.69. The molecule has 0 radical (unpaired) electrons. The fourth-order valence-electron chi connectivity index (χ4n) is 2.01. The van der Waals surface area contributed by atoms with Crippen LogP contribution in [0, 0.1) is 11.8 Å². The number of alkyl halides is 1. The first kappa shape index (κ1) is 7.00. The van der Waals surface area contributed by atoms with Crippen molar-refractivity contribution in [2.24, 2.45) is 11.8 Å². The maximum absolute atomic E-state index is 6.06. The Hall–Kier alpha value is 0.320. The van der Waals surface area contributed by atoms with Gasteiger partial charge in [0.25, 0.3) is 0 Å². The molecule has 0 nitrogen and oxygen atoms in total. The van der Waals surface area contributed by atoms with E-state index in [0.29, 0.717) is 5.92 Å². The molecule has 1 fully saturated rings. The maximum Gasteiger partial charge on any atom is 0.0717 e. The van der Waals surface area contributed by atoms with Gasteiger partial charge in [0.15, 0.2) is 0 Å². The molecule has 0 spiro atoms. The number of hydrogen-bond donors (Lipinski definition) is 0. The van der Waals surface area contributed by atoms with E-state index in [9.17, 15) is 0 Å². The van der Waals surface area contributed by atoms with Crippen LogP contribution in [0.15, 0.2) is 11.1 Å². The SMILES string of the molecule is ClC1=C[C@@H]2CC[C@@H](C2)[C@H]1Cl. The molecule has 0 heterocycles. The summed E-state index contributed by atoms with van der Waals surface area (Å²) in [6.45, 7) is 0. The summed E-state index contributed by atoms with van der Waals surface area (Å²) in [6.07, 6.45) is 5.97. The average molecular weight is 177 g/mol. The molecule has 3 atom stereocenters. The summed E-state index contributed by atoms with van der Waals surface area (Å²) in [5, 5.41) is 1.01. The normalized spacial score (nSPS) is 45.4. The van der Waals surface area contributed by atoms with Gasteiger partial charge in [0.2, 0.25) is 0 Å². The third-order valence-electron chi connectivity index (χ3n) is 2.59. The molecule has 0 aliphatic heterocycles. The van der Waals surface area contributed by atoms with Crippen molar-refractivity contribution in [3.8, 4) is 0 Å². The van der Waals surface area contributed by atoms with E-state index in [1.165, 1.54) is 19.3 Å². The zero-order valence-electron chi connectivity index (χ0n) is 5.69. The molecule has 0 aromatic carbocycles. The minimum absolute atomic E-state index is 0.125. The van der Waals surface area contributed by atoms with Gasteiger partial charge in [0.05, 0.1) is 5.38 Å². The van der Waals surface area contributed by atoms with E-state index in [-0.39, 0.29) is 5.38 Å². The highest BCUT2D eigenvalue weighted by molar-refractivity contribution is 6.37. The van der Waals surface area contributed by atoms with Crippen molar-refractivity contribution >= 4 is 23.2 Å². The Labute approximate surface area is 71.2 Å². The van der Waals surface area contributed by atoms with Crippen LogP contribution in [0.2, 0.25) is 0 Å². The molecule has 2 rings (SSSR count). The topological polar surface area (TPSA) is 0 Å². The van der Waals surface area contributed by atoms with E-state index in [4.69, 9.17) is 23.2 Å². The van der Waals surface area contributed by atoms with E-state index in [1.54, 1.807) is 0 Å². The summed E-state index contributed by atoms with van der Waals surface area (Å²) in [6, 6.07) is 0. The minimum Gasteiger partial charge on any atom is -0.117 e. The monoisotopic (exact) mass is 176 g/mol. The largest absolute Gasteiger partial charge is 0.117 e. The summed E-state index contributed by atoms with van der Waals surface area (Å²) >= 11 is 12.0. The quantitative estimate of drug-likeness (QED) is 0.498. The highest BCUT2D eigenvalue weighted by Crippen LogP contribution is 2.44. The summed E-state index contributed by atoms with van der Waals surface area (Å²) in [5.74, 6) is 1.41. The van der Waals surface area contributed by atoms with Crippen LogP contribution >= 0.6 is 23.2 Å². The van der Waals surface area contributed by atoms with Crippen LogP contribution in [-0.4, -0.2) is 5.38 Å². The van der Waals surface area contributed by atoms with E-state index in [2.05, 4.69) is 6.08 Å². The van der Waals surface area contributed by atoms with Gasteiger partial charge in [-0.2, -0.15) is 0 Å². The first-order valence-electron chi connectivity index (χ1n) is 3.78. The highest BCUT2D eigenvalue weighted by atomic mass is 35.5. The lowest BCUT2D eigenvalue weighted by Crippen LogP contribution is -2.15. The molecular formula is C8H10Cl2. The predicted octanol–water partition coefficient (Wildman–Crippen LogP) is 3.15. The summed E-state index contributed by atoms with van der Waals surface area (Å²) in [4.78, 5) is 0. The van der Waals surface area contributed by atoms with Gasteiger partial charge in [0, 0.05) is 5.03 Å². The van der Waals surface area contributed by atoms with Crippen molar-refractivity contribution in [1.82, 2.24) is 0 Å². The molecule has 2 bridgehead atoms. The second kappa shape index (κ2) is 2.42. The van der Waals surface area contributed by atoms with Crippen molar-refractivity contribution in [3.63, 3.8) is 0 Å². The smallest absolute Gasteiger partial charge is 0.0717 e. The maximum atomic E-state index is 6.06. The van der Waals surface area contributed by atoms with Gasteiger partial charge < -0.3 is 0 Å². The van der Waals surface area contributed by atoms with E-state index >= 15 is 0 Å². The molecule has 0 aromatic heterocycles. The molecule has 0 N–H and O–H groups in total. The lowest BCUT2D eigenvalue weighted by Gasteiger charge is -2.20. The van der Waals surface area contributed by atoms with Gasteiger partial charge in [0.1, 0.15) is 0 Å². The van der Waals surface area contributed by atoms with Crippen LogP contribution in [0.1, 0.15) is 19.3 Å². The molecule has 10 heavy (non-hydrogen) atoms. The third kappa shape index (κ3) is 0.981. The van der Waals surface area contributed by atoms with Gasteiger partial charge in [-0.15, -0.1) is 11.6 Å². The Bertz CT molecular complexity index is 174. The molecule has 2 heteroatoms. The zero-order chi connectivity index (χ0) is 7.14. The van der Waals surface area contributed by atoms with Crippen molar-refractivity contribution in [3.05, 3.63) is 11.1 Å². The zero-order valence-corrected chi connectivity index (χ0v) is 7.20. The Balaban J connectivity index is 2.25. The Morgan fingerprint density at radius 3 is 3.00 bits per heavy atom. The molecule has 1 saturated carbocycles. The lowest BCUT2D eigenvalue weighted by atomic mass is 9.95. The molecule has 2 aliphatic rings. The second-order valence-corrected chi connectivity index (χ2v) is 4.19. The van der Waals surface area contributed by atoms with Gasteiger partial charge in [-0.1, -0.05) is 17.7 Å². The molecular weight excluding hydrogens is 167 g/mol. The number of fused-ring (bicyclic) bond motifs is 2. The van der Waals surface area contributed by atoms with Crippen LogP contribution in [-0.2, 0) is 0 Å². The molecule has 0 aromatic rings. The standard InChI is InChI=1S/C8H10Cl2/c9-7-4-5-1-2-6(3-5)8(7)10/h4-6,8H,1-3H2/t5-,6+,8-/m1/s1. The van der Waals surface area contributed by atoms with Crippen LogP contribution in [0.5, 0.6) is 0 Å². The summed E-state index contributed by atoms with van der Waals surface area (Å²) in [5.41, 5.74) is 0. The second-order valence-electron chi connectivity index (χ2n) is 3.29. The fourth-order valence-corrected chi connectivity index (χ4v) is 2.67. The summed E-state index contributed by atoms with van der Waals surface area (Å²) < 4.78 is 0. The number of rotatable bonds is 0. The summed E-state index contributed by atoms with van der Waals surface area (Å²) in [7, 11) is 0. The van der Waals surface area contributed by atoms with E-state index in [1.807, 2.05) is 0 Å². The first-order valence-corrected chi connectivity index (χ1v) is 4.60. The predicted molar refractivity (Wildman–Crippen MR) is 44.4 cm³/mol. The van der Waals surface area contributed by atoms with Gasteiger partial charge in [-0.25, -0.2) is 0 Å². The Morgan fingerprint density at radius 2 is 2.20 bits per heavy atom. The number of hydrogen-bond acceptors (Lipinski definition) is 0. The van der Waals surface area contributed by atoms with Gasteiger partial charge in [-0.05, 0) is 31.1 Å². The average Bonchev–Trinajstić information content (AvgIpc) is 2.29. The third-order valence-corrected chi connectivity index (χ3v) is 3.65. The highest BCUT2D eigenvalue weighted by Gasteiger charge is 2.34. The lowest BCUT2D eigenvalue weighted by molar-refractivity contribution is 0.520. The van der Waals surface area contributed by atoms with Crippen LogP contribution < -0.4 is 0 Å². The first-order chi connectivity index (χ1) is 4.77. The molecule has 0 saturated heterocycles. The molecule has 56 valence electrons. The minimum atomic E-state index is 0.125. The van der Waals surface area contributed by atoms with Crippen LogP contribution in [0.3, 0.4) is 0 Å². The van der Waals surface area contributed by atoms with E-state index < -0.39 is 0 Å². The van der Waals surface area contributed by atoms with Crippen LogP contribution in [0.4, 0.5) is 0 Å². The van der Waals surface area contributed by atoms with Crippen molar-refractivity contribution in [2.45, 2.75) is 24.6 Å².